The molecule has 0 aliphatic carbocycles. The maximum Gasteiger partial charge on any atom is 0.0533 e. The smallest absolute Gasteiger partial charge is 0.0533 e. The van der Waals surface area contributed by atoms with Crippen molar-refractivity contribution in [3.05, 3.63) is 0 Å². The van der Waals surface area contributed by atoms with Crippen molar-refractivity contribution in [3.63, 3.8) is 0 Å². The molecule has 0 aromatic rings. The third-order valence-corrected chi connectivity index (χ3v) is 0.547. The Kier molecular flexibility index (Phi) is 23.0. The van der Waals surface area contributed by atoms with Crippen LogP contribution < -0.4 is 0 Å². The Hall–Kier alpha value is 1.52. The minimum absolute atomic E-state index is 0. The van der Waals surface area contributed by atoms with E-state index in [0.717, 1.165) is 0 Å². The van der Waals surface area contributed by atoms with Crippen molar-refractivity contribution < 1.29 is 10.2 Å². The summed E-state index contributed by atoms with van der Waals surface area (Å²) in [6.07, 6.45) is 0.134. The Labute approximate surface area is 83.6 Å². The summed E-state index contributed by atoms with van der Waals surface area (Å²) < 4.78 is 0. The molecule has 2 N–H and O–H groups in total. The predicted molar refractivity (Wildman–Crippen MR) is 34.9 cm³/mol. The van der Waals surface area contributed by atoms with Gasteiger partial charge in [-0.25, -0.2) is 0 Å². The monoisotopic (exact) mass is 330 g/mol. The fourth-order valence-electron chi connectivity index (χ4n) is 0.187. The number of hydrogen-bond acceptors (Lipinski definition) is 2. The second-order valence-corrected chi connectivity index (χ2v) is 1.36. The number of rotatable bonds is 2. The minimum atomic E-state index is -0.352. The van der Waals surface area contributed by atoms with Gasteiger partial charge in [0.25, 0.3) is 0 Å². The maximum absolute atomic E-state index is 8.39. The summed E-state index contributed by atoms with van der Waals surface area (Å²) in [6, 6.07) is 0. The van der Waals surface area contributed by atoms with Crippen molar-refractivity contribution in [1.82, 2.24) is 0 Å². The molecule has 0 aliphatic rings. The van der Waals surface area contributed by atoms with Crippen molar-refractivity contribution in [1.29, 1.82) is 0 Å². The molecule has 0 spiro atoms. The van der Waals surface area contributed by atoms with Crippen LogP contribution in [-0.2, 0) is 0 Å². The van der Waals surface area contributed by atoms with Gasteiger partial charge in [0.05, 0.1) is 6.10 Å². The molecule has 8 heavy (non-hydrogen) atoms. The van der Waals surface area contributed by atoms with Gasteiger partial charge in [0.1, 0.15) is 0 Å². The topological polar surface area (TPSA) is 40.5 Å². The van der Waals surface area contributed by atoms with Gasteiger partial charge < -0.3 is 10.2 Å². The third-order valence-electron chi connectivity index (χ3n) is 0.547. The van der Waals surface area contributed by atoms with Crippen LogP contribution in [0.5, 0.6) is 0 Å². The summed E-state index contributed by atoms with van der Waals surface area (Å²) in [5.74, 6) is 0. The van der Waals surface area contributed by atoms with Crippen LogP contribution in [0, 0.1) is 0 Å². The average Bonchev–Trinajstić information content (AvgIpc) is 1.35. The molecule has 0 fully saturated rings. The van der Waals surface area contributed by atoms with Gasteiger partial charge in [-0.3, -0.25) is 0 Å². The predicted octanol–water partition coefficient (Wildman–Crippen LogP) is -1.01. The van der Waals surface area contributed by atoms with Crippen molar-refractivity contribution >= 4 is 47.8 Å². The second kappa shape index (κ2) is 11.3. The minimum Gasteiger partial charge on any atom is -0.396 e. The van der Waals surface area contributed by atoms with Crippen LogP contribution in [0.2, 0.25) is 0 Å². The fraction of sp³-hybridized carbons (Fsp3) is 1.00. The zero-order valence-corrected chi connectivity index (χ0v) is 10.6. The first-order valence-electron chi connectivity index (χ1n) is 2.06. The molecule has 1 atom stereocenters. The first kappa shape index (κ1) is 16.3. The van der Waals surface area contributed by atoms with E-state index < -0.39 is 0 Å². The molecule has 0 aromatic heterocycles. The molecule has 0 saturated heterocycles. The third kappa shape index (κ3) is 15.6. The van der Waals surface area contributed by atoms with Crippen LogP contribution in [0.4, 0.5) is 0 Å². The normalized spacial score (nSPS) is 10.9. The summed E-state index contributed by atoms with van der Waals surface area (Å²) in [7, 11) is 0. The number of aliphatic hydroxyl groups excluding tert-OH is 2. The largest absolute Gasteiger partial charge is 0.396 e. The molecule has 0 bridgehead atoms. The summed E-state index contributed by atoms with van der Waals surface area (Å²) in [4.78, 5) is 0. The number of aliphatic hydroxyl groups is 2. The van der Waals surface area contributed by atoms with E-state index in [1.54, 1.807) is 6.92 Å². The van der Waals surface area contributed by atoms with Crippen molar-refractivity contribution in [2.75, 3.05) is 6.61 Å². The summed E-state index contributed by atoms with van der Waals surface area (Å²) in [5.41, 5.74) is 0. The zero-order valence-electron chi connectivity index (χ0n) is 4.89. The van der Waals surface area contributed by atoms with E-state index >= 15 is 0 Å². The number of hydrogen-bond donors (Lipinski definition) is 2. The van der Waals surface area contributed by atoms with E-state index in [9.17, 15) is 0 Å². The maximum atomic E-state index is 8.39. The standard InChI is InChI=1S/C4H10O2.2Sn/c1-4(6)2-3-5;;/h4-6H,2-3H2,1H3;;. The van der Waals surface area contributed by atoms with Crippen LogP contribution >= 0.6 is 0 Å². The van der Waals surface area contributed by atoms with Gasteiger partial charge in [-0.1, -0.05) is 0 Å². The molecular weight excluding hydrogens is 317 g/mol. The molecule has 46 valence electrons. The Morgan fingerprint density at radius 1 is 1.38 bits per heavy atom. The van der Waals surface area contributed by atoms with E-state index in [0.29, 0.717) is 6.42 Å². The molecular formula is C4H10O2Sn2. The van der Waals surface area contributed by atoms with E-state index in [2.05, 4.69) is 0 Å². The summed E-state index contributed by atoms with van der Waals surface area (Å²) >= 11 is 0. The Morgan fingerprint density at radius 3 is 1.75 bits per heavy atom. The molecule has 1 unspecified atom stereocenters. The second-order valence-electron chi connectivity index (χ2n) is 1.36. The molecule has 0 saturated carbocycles. The van der Waals surface area contributed by atoms with Crippen molar-refractivity contribution in [2.24, 2.45) is 0 Å². The quantitative estimate of drug-likeness (QED) is 0.638. The van der Waals surface area contributed by atoms with Crippen LogP contribution in [0.1, 0.15) is 13.3 Å². The summed E-state index contributed by atoms with van der Waals surface area (Å²) in [6.45, 7) is 1.73. The fourth-order valence-corrected chi connectivity index (χ4v) is 0.187. The Balaban J connectivity index is -0.000000125. The van der Waals surface area contributed by atoms with Gasteiger partial charge in [0, 0.05) is 54.4 Å². The SMILES string of the molecule is CC(O)CCO.[Sn].[Sn]. The average molecular weight is 328 g/mol. The van der Waals surface area contributed by atoms with Crippen molar-refractivity contribution in [3.8, 4) is 0 Å². The molecule has 8 radical (unpaired) electrons. The molecule has 0 amide bonds. The van der Waals surface area contributed by atoms with Crippen molar-refractivity contribution in [2.45, 2.75) is 19.4 Å². The molecule has 0 rings (SSSR count). The zero-order chi connectivity index (χ0) is 4.99. The molecule has 0 aromatic carbocycles. The van der Waals surface area contributed by atoms with Gasteiger partial charge in [0.2, 0.25) is 0 Å². The van der Waals surface area contributed by atoms with E-state index in [4.69, 9.17) is 10.2 Å². The van der Waals surface area contributed by atoms with Crippen LogP contribution in [-0.4, -0.2) is 70.7 Å². The van der Waals surface area contributed by atoms with E-state index in [-0.39, 0.29) is 60.5 Å². The van der Waals surface area contributed by atoms with Gasteiger partial charge >= 0.3 is 0 Å². The van der Waals surface area contributed by atoms with Gasteiger partial charge in [-0.2, -0.15) is 0 Å². The molecule has 4 heteroatoms. The van der Waals surface area contributed by atoms with Gasteiger partial charge in [-0.15, -0.1) is 0 Å². The summed E-state index contributed by atoms with van der Waals surface area (Å²) in [5, 5.41) is 16.5. The van der Waals surface area contributed by atoms with E-state index in [1.165, 1.54) is 0 Å². The molecule has 0 heterocycles. The first-order chi connectivity index (χ1) is 2.77. The Morgan fingerprint density at radius 2 is 1.75 bits per heavy atom. The van der Waals surface area contributed by atoms with Crippen LogP contribution in [0.15, 0.2) is 0 Å². The first-order valence-corrected chi connectivity index (χ1v) is 2.06. The van der Waals surface area contributed by atoms with Gasteiger partial charge in [-0.05, 0) is 13.3 Å². The molecule has 2 nitrogen and oxygen atoms in total. The van der Waals surface area contributed by atoms with Crippen LogP contribution in [0.3, 0.4) is 0 Å². The van der Waals surface area contributed by atoms with Crippen LogP contribution in [0.25, 0.3) is 0 Å². The van der Waals surface area contributed by atoms with E-state index in [1.807, 2.05) is 0 Å². The molecule has 0 aliphatic heterocycles. The van der Waals surface area contributed by atoms with Gasteiger partial charge in [0.15, 0.2) is 0 Å². The Bertz CT molecular complexity index is 33.2.